The highest BCUT2D eigenvalue weighted by Gasteiger charge is 2.04. The Morgan fingerprint density at radius 1 is 1.28 bits per heavy atom. The minimum absolute atomic E-state index is 0.277. The fourth-order valence-electron chi connectivity index (χ4n) is 1.50. The van der Waals surface area contributed by atoms with Crippen molar-refractivity contribution in [2.45, 2.75) is 26.4 Å². The molecule has 5 heteroatoms. The Morgan fingerprint density at radius 2 is 1.94 bits per heavy atom. The maximum absolute atomic E-state index is 5.73. The van der Waals surface area contributed by atoms with E-state index in [2.05, 4.69) is 10.3 Å². The van der Waals surface area contributed by atoms with Crippen molar-refractivity contribution in [3.05, 3.63) is 23.8 Å². The Morgan fingerprint density at radius 3 is 2.50 bits per heavy atom. The third kappa shape index (κ3) is 4.16. The zero-order chi connectivity index (χ0) is 13.5. The van der Waals surface area contributed by atoms with Crippen LogP contribution >= 0.6 is 0 Å². The molecule has 0 saturated heterocycles. The van der Waals surface area contributed by atoms with E-state index < -0.39 is 0 Å². The number of rotatable bonds is 5. The molecule has 0 heterocycles. The smallest absolute Gasteiger partial charge is 0.189 e. The van der Waals surface area contributed by atoms with Gasteiger partial charge in [0.15, 0.2) is 17.5 Å². The number of aliphatic imine (C=N–C) groups is 1. The van der Waals surface area contributed by atoms with Gasteiger partial charge < -0.3 is 20.5 Å². The van der Waals surface area contributed by atoms with Gasteiger partial charge in [-0.15, -0.1) is 0 Å². The molecule has 0 aliphatic carbocycles. The minimum Gasteiger partial charge on any atom is -0.493 e. The molecular formula is C13H21N3O2. The maximum atomic E-state index is 5.73. The summed E-state index contributed by atoms with van der Waals surface area (Å²) < 4.78 is 10.4. The second-order valence-electron chi connectivity index (χ2n) is 4.19. The van der Waals surface area contributed by atoms with Crippen LogP contribution in [-0.2, 0) is 6.54 Å². The summed E-state index contributed by atoms with van der Waals surface area (Å²) in [6.07, 6.45) is 0. The van der Waals surface area contributed by atoms with E-state index in [4.69, 9.17) is 15.2 Å². The summed E-state index contributed by atoms with van der Waals surface area (Å²) in [5.74, 6) is 1.85. The summed E-state index contributed by atoms with van der Waals surface area (Å²) in [5.41, 5.74) is 6.75. The molecule has 18 heavy (non-hydrogen) atoms. The van der Waals surface area contributed by atoms with Crippen molar-refractivity contribution in [1.29, 1.82) is 0 Å². The summed E-state index contributed by atoms with van der Waals surface area (Å²) in [6.45, 7) is 4.53. The minimum atomic E-state index is 0.277. The topological polar surface area (TPSA) is 68.9 Å². The van der Waals surface area contributed by atoms with Gasteiger partial charge in [-0.3, -0.25) is 0 Å². The van der Waals surface area contributed by atoms with Crippen LogP contribution in [0.2, 0.25) is 0 Å². The van der Waals surface area contributed by atoms with E-state index in [-0.39, 0.29) is 6.04 Å². The van der Waals surface area contributed by atoms with Crippen LogP contribution in [0.5, 0.6) is 11.5 Å². The van der Waals surface area contributed by atoms with Crippen LogP contribution in [0.15, 0.2) is 23.2 Å². The van der Waals surface area contributed by atoms with Crippen molar-refractivity contribution < 1.29 is 9.47 Å². The van der Waals surface area contributed by atoms with Gasteiger partial charge >= 0.3 is 0 Å². The average Bonchev–Trinajstić information content (AvgIpc) is 2.35. The highest BCUT2D eigenvalue weighted by atomic mass is 16.5. The molecule has 0 aromatic heterocycles. The lowest BCUT2D eigenvalue weighted by molar-refractivity contribution is 0.354. The van der Waals surface area contributed by atoms with Gasteiger partial charge in [-0.25, -0.2) is 4.99 Å². The molecule has 0 aliphatic heterocycles. The van der Waals surface area contributed by atoms with Crippen LogP contribution in [0.3, 0.4) is 0 Å². The molecule has 0 atom stereocenters. The van der Waals surface area contributed by atoms with Gasteiger partial charge in [0.05, 0.1) is 20.8 Å². The third-order valence-corrected chi connectivity index (χ3v) is 2.32. The molecule has 0 aliphatic rings. The lowest BCUT2D eigenvalue weighted by atomic mass is 10.2. The Kier molecular flexibility index (Phi) is 5.30. The van der Waals surface area contributed by atoms with E-state index in [1.54, 1.807) is 14.2 Å². The van der Waals surface area contributed by atoms with E-state index >= 15 is 0 Å². The third-order valence-electron chi connectivity index (χ3n) is 2.32. The van der Waals surface area contributed by atoms with Gasteiger partial charge in [0.1, 0.15) is 0 Å². The van der Waals surface area contributed by atoms with E-state index in [0.717, 1.165) is 5.56 Å². The van der Waals surface area contributed by atoms with Gasteiger partial charge in [0.25, 0.3) is 0 Å². The highest BCUT2D eigenvalue weighted by molar-refractivity contribution is 5.78. The Balaban J connectivity index is 2.73. The van der Waals surface area contributed by atoms with Crippen molar-refractivity contribution in [3.8, 4) is 11.5 Å². The summed E-state index contributed by atoms with van der Waals surface area (Å²) in [4.78, 5) is 4.25. The summed E-state index contributed by atoms with van der Waals surface area (Å²) in [5, 5.41) is 3.04. The van der Waals surface area contributed by atoms with E-state index in [9.17, 15) is 0 Å². The predicted molar refractivity (Wildman–Crippen MR) is 73.1 cm³/mol. The first-order chi connectivity index (χ1) is 8.56. The van der Waals surface area contributed by atoms with Crippen LogP contribution in [0.25, 0.3) is 0 Å². The molecule has 5 nitrogen and oxygen atoms in total. The molecule has 0 fully saturated rings. The molecule has 1 aromatic rings. The number of ether oxygens (including phenoxy) is 2. The lowest BCUT2D eigenvalue weighted by Crippen LogP contribution is -2.36. The molecule has 0 amide bonds. The van der Waals surface area contributed by atoms with Crippen LogP contribution in [0.4, 0.5) is 0 Å². The Labute approximate surface area is 108 Å². The molecule has 100 valence electrons. The largest absolute Gasteiger partial charge is 0.493 e. The lowest BCUT2D eigenvalue weighted by Gasteiger charge is -2.10. The molecule has 1 aromatic carbocycles. The summed E-state index contributed by atoms with van der Waals surface area (Å²) in [6, 6.07) is 5.97. The highest BCUT2D eigenvalue weighted by Crippen LogP contribution is 2.27. The number of hydrogen-bond acceptors (Lipinski definition) is 3. The standard InChI is InChI=1S/C13H21N3O2/c1-9(2)16-13(14)15-8-10-5-6-11(17-3)12(7-10)18-4/h5-7,9H,8H2,1-4H3,(H3,14,15,16). The molecule has 0 unspecified atom stereocenters. The van der Waals surface area contributed by atoms with Crippen LogP contribution in [0, 0.1) is 0 Å². The monoisotopic (exact) mass is 251 g/mol. The van der Waals surface area contributed by atoms with Gasteiger partial charge in [0.2, 0.25) is 0 Å². The summed E-state index contributed by atoms with van der Waals surface area (Å²) >= 11 is 0. The number of guanidine groups is 1. The maximum Gasteiger partial charge on any atom is 0.189 e. The number of benzene rings is 1. The van der Waals surface area contributed by atoms with E-state index in [0.29, 0.717) is 24.0 Å². The normalized spacial score (nSPS) is 11.5. The number of hydrogen-bond donors (Lipinski definition) is 2. The number of nitrogens with two attached hydrogens (primary N) is 1. The fraction of sp³-hybridized carbons (Fsp3) is 0.462. The van der Waals surface area contributed by atoms with Gasteiger partial charge in [0, 0.05) is 6.04 Å². The first kappa shape index (κ1) is 14.2. The fourth-order valence-corrected chi connectivity index (χ4v) is 1.50. The second-order valence-corrected chi connectivity index (χ2v) is 4.19. The van der Waals surface area contributed by atoms with Crippen molar-refractivity contribution in [3.63, 3.8) is 0 Å². The molecule has 0 saturated carbocycles. The van der Waals surface area contributed by atoms with Crippen LogP contribution in [0.1, 0.15) is 19.4 Å². The Bertz CT molecular complexity index is 417. The Hall–Kier alpha value is -1.91. The number of methoxy groups -OCH3 is 2. The predicted octanol–water partition coefficient (Wildman–Crippen LogP) is 1.52. The molecule has 0 spiro atoms. The molecule has 1 rings (SSSR count). The van der Waals surface area contributed by atoms with E-state index in [1.165, 1.54) is 0 Å². The molecule has 0 radical (unpaired) electrons. The average molecular weight is 251 g/mol. The van der Waals surface area contributed by atoms with Gasteiger partial charge in [-0.2, -0.15) is 0 Å². The first-order valence-corrected chi connectivity index (χ1v) is 5.84. The molecule has 0 bridgehead atoms. The van der Waals surface area contributed by atoms with Crippen molar-refractivity contribution in [1.82, 2.24) is 5.32 Å². The van der Waals surface area contributed by atoms with Crippen molar-refractivity contribution in [2.75, 3.05) is 14.2 Å². The second kappa shape index (κ2) is 6.74. The van der Waals surface area contributed by atoms with Crippen LogP contribution in [-0.4, -0.2) is 26.2 Å². The van der Waals surface area contributed by atoms with Crippen molar-refractivity contribution >= 4 is 5.96 Å². The van der Waals surface area contributed by atoms with Gasteiger partial charge in [-0.05, 0) is 31.5 Å². The van der Waals surface area contributed by atoms with Crippen LogP contribution < -0.4 is 20.5 Å². The van der Waals surface area contributed by atoms with E-state index in [1.807, 2.05) is 32.0 Å². The first-order valence-electron chi connectivity index (χ1n) is 5.84. The summed E-state index contributed by atoms with van der Waals surface area (Å²) in [7, 11) is 3.22. The van der Waals surface area contributed by atoms with Gasteiger partial charge in [-0.1, -0.05) is 6.07 Å². The SMILES string of the molecule is COc1ccc(CN=C(N)NC(C)C)cc1OC. The quantitative estimate of drug-likeness (QED) is 0.615. The zero-order valence-electron chi connectivity index (χ0n) is 11.4. The number of nitrogens with one attached hydrogen (secondary N) is 1. The van der Waals surface area contributed by atoms with Crippen molar-refractivity contribution in [2.24, 2.45) is 10.7 Å². The molecule has 3 N–H and O–H groups in total. The number of nitrogens with zero attached hydrogens (tertiary/aromatic N) is 1. The molecular weight excluding hydrogens is 230 g/mol. The zero-order valence-corrected chi connectivity index (χ0v) is 11.4.